The zero-order chi connectivity index (χ0) is 20.3. The Morgan fingerprint density at radius 3 is 2.71 bits per heavy atom. The van der Waals surface area contributed by atoms with Gasteiger partial charge in [-0.1, -0.05) is 19.1 Å². The van der Waals surface area contributed by atoms with E-state index in [1.165, 1.54) is 23.5 Å². The maximum absolute atomic E-state index is 13.2. The van der Waals surface area contributed by atoms with Crippen molar-refractivity contribution in [2.45, 2.75) is 40.2 Å². The molecule has 1 amide bonds. The molecule has 6 heteroatoms. The van der Waals surface area contributed by atoms with Crippen molar-refractivity contribution in [2.24, 2.45) is 5.92 Å². The van der Waals surface area contributed by atoms with Crippen LogP contribution in [0.25, 0.3) is 0 Å². The molecule has 0 saturated carbocycles. The van der Waals surface area contributed by atoms with Crippen LogP contribution in [0.4, 0.5) is 10.2 Å². The topological polar surface area (TPSA) is 62.3 Å². The fourth-order valence-electron chi connectivity index (χ4n) is 4.06. The number of likely N-dealkylation sites (tertiary alicyclic amines) is 1. The van der Waals surface area contributed by atoms with E-state index in [1.54, 1.807) is 12.1 Å². The van der Waals surface area contributed by atoms with Crippen LogP contribution in [-0.2, 0) is 11.3 Å². The first-order valence-corrected chi connectivity index (χ1v) is 9.86. The highest BCUT2D eigenvalue weighted by Crippen LogP contribution is 2.27. The molecule has 2 N–H and O–H groups in total. The van der Waals surface area contributed by atoms with E-state index in [2.05, 4.69) is 18.3 Å². The number of anilines is 1. The van der Waals surface area contributed by atoms with E-state index in [4.69, 9.17) is 0 Å². The lowest BCUT2D eigenvalue weighted by atomic mass is 10.0. The van der Waals surface area contributed by atoms with E-state index >= 15 is 0 Å². The molecule has 3 rings (SSSR count). The molecule has 1 saturated heterocycles. The summed E-state index contributed by atoms with van der Waals surface area (Å²) in [6.45, 7) is 8.96. The third kappa shape index (κ3) is 4.42. The number of hydrogen-bond acceptors (Lipinski definition) is 2. The van der Waals surface area contributed by atoms with Gasteiger partial charge in [-0.2, -0.15) is 5.26 Å². The lowest BCUT2D eigenvalue weighted by Crippen LogP contribution is -3.14. The summed E-state index contributed by atoms with van der Waals surface area (Å²) >= 11 is 0. The van der Waals surface area contributed by atoms with E-state index in [-0.39, 0.29) is 11.7 Å². The molecule has 2 heterocycles. The lowest BCUT2D eigenvalue weighted by molar-refractivity contribution is -0.900. The van der Waals surface area contributed by atoms with Gasteiger partial charge in [0.1, 0.15) is 17.7 Å². The van der Waals surface area contributed by atoms with Gasteiger partial charge in [-0.15, -0.1) is 0 Å². The molecular formula is C22H28FN4O+. The number of carbonyl (C=O) groups excluding carboxylic acids is 1. The summed E-state index contributed by atoms with van der Waals surface area (Å²) in [7, 11) is 0. The first-order valence-electron chi connectivity index (χ1n) is 9.86. The van der Waals surface area contributed by atoms with Crippen molar-refractivity contribution in [3.63, 3.8) is 0 Å². The third-order valence-electron chi connectivity index (χ3n) is 5.73. The SMILES string of the molecule is Cc1c(C#N)c(NC(=O)C[NH+]2CCC[C@H](C)C2)n(Cc2ccc(F)cc2)c1C. The van der Waals surface area contributed by atoms with Gasteiger partial charge < -0.3 is 14.8 Å². The number of rotatable bonds is 5. The largest absolute Gasteiger partial charge is 0.327 e. The van der Waals surface area contributed by atoms with E-state index in [0.717, 1.165) is 36.3 Å². The fourth-order valence-corrected chi connectivity index (χ4v) is 4.06. The maximum atomic E-state index is 13.2. The highest BCUT2D eigenvalue weighted by atomic mass is 19.1. The molecule has 28 heavy (non-hydrogen) atoms. The molecule has 1 aliphatic rings. The van der Waals surface area contributed by atoms with Gasteiger partial charge in [0, 0.05) is 18.2 Å². The Morgan fingerprint density at radius 2 is 2.07 bits per heavy atom. The van der Waals surface area contributed by atoms with Crippen LogP contribution in [0.5, 0.6) is 0 Å². The maximum Gasteiger partial charge on any atom is 0.280 e. The van der Waals surface area contributed by atoms with Gasteiger partial charge in [0.15, 0.2) is 6.54 Å². The van der Waals surface area contributed by atoms with Crippen LogP contribution in [0.15, 0.2) is 24.3 Å². The Hall–Kier alpha value is -2.65. The molecule has 1 unspecified atom stereocenters. The highest BCUT2D eigenvalue weighted by Gasteiger charge is 2.24. The number of nitriles is 1. The molecule has 2 aromatic rings. The van der Waals surface area contributed by atoms with Gasteiger partial charge in [-0.05, 0) is 49.9 Å². The number of amides is 1. The molecule has 1 aromatic carbocycles. The minimum absolute atomic E-state index is 0.0709. The molecule has 0 aliphatic carbocycles. The first kappa shape index (κ1) is 20.1. The average molecular weight is 383 g/mol. The van der Waals surface area contributed by atoms with Crippen LogP contribution in [0.2, 0.25) is 0 Å². The van der Waals surface area contributed by atoms with Gasteiger partial charge >= 0.3 is 0 Å². The zero-order valence-corrected chi connectivity index (χ0v) is 16.8. The van der Waals surface area contributed by atoms with Gasteiger partial charge in [-0.25, -0.2) is 4.39 Å². The van der Waals surface area contributed by atoms with E-state index in [9.17, 15) is 14.4 Å². The van der Waals surface area contributed by atoms with Gasteiger partial charge in [0.2, 0.25) is 0 Å². The number of benzene rings is 1. The quantitative estimate of drug-likeness (QED) is 0.833. The average Bonchev–Trinajstić information content (AvgIpc) is 2.87. The second kappa shape index (κ2) is 8.57. The summed E-state index contributed by atoms with van der Waals surface area (Å²) in [5.74, 6) is 0.821. The summed E-state index contributed by atoms with van der Waals surface area (Å²) in [4.78, 5) is 14.0. The number of nitrogens with zero attached hydrogens (tertiary/aromatic N) is 2. The van der Waals surface area contributed by atoms with Crippen molar-refractivity contribution in [3.8, 4) is 6.07 Å². The summed E-state index contributed by atoms with van der Waals surface area (Å²) in [6.07, 6.45) is 2.37. The van der Waals surface area contributed by atoms with Gasteiger partial charge in [0.05, 0.1) is 18.7 Å². The second-order valence-corrected chi connectivity index (χ2v) is 7.93. The van der Waals surface area contributed by atoms with Crippen molar-refractivity contribution in [2.75, 3.05) is 25.0 Å². The smallest absolute Gasteiger partial charge is 0.280 e. The minimum atomic E-state index is -0.283. The molecule has 0 radical (unpaired) electrons. The van der Waals surface area contributed by atoms with Crippen LogP contribution in [-0.4, -0.2) is 30.1 Å². The van der Waals surface area contributed by atoms with Gasteiger partial charge in [-0.3, -0.25) is 4.79 Å². The fraction of sp³-hybridized carbons (Fsp3) is 0.455. The summed E-state index contributed by atoms with van der Waals surface area (Å²) in [5.41, 5.74) is 3.19. The van der Waals surface area contributed by atoms with Crippen LogP contribution >= 0.6 is 0 Å². The summed E-state index contributed by atoms with van der Waals surface area (Å²) in [5, 5.41) is 12.6. The number of nitrogens with one attached hydrogen (secondary N) is 2. The number of quaternary nitrogens is 1. The van der Waals surface area contributed by atoms with E-state index in [1.807, 2.05) is 18.4 Å². The van der Waals surface area contributed by atoms with Crippen LogP contribution in [0.3, 0.4) is 0 Å². The van der Waals surface area contributed by atoms with Crippen molar-refractivity contribution >= 4 is 11.7 Å². The molecule has 0 spiro atoms. The third-order valence-corrected chi connectivity index (χ3v) is 5.73. The van der Waals surface area contributed by atoms with Crippen LogP contribution < -0.4 is 10.2 Å². The normalized spacial score (nSPS) is 19.2. The van der Waals surface area contributed by atoms with Crippen LogP contribution in [0.1, 0.15) is 42.1 Å². The molecule has 2 atom stereocenters. The lowest BCUT2D eigenvalue weighted by Gasteiger charge is -2.27. The number of carbonyl (C=O) groups is 1. The predicted octanol–water partition coefficient (Wildman–Crippen LogP) is 2.42. The van der Waals surface area contributed by atoms with Crippen molar-refractivity contribution in [1.82, 2.24) is 4.57 Å². The first-order chi connectivity index (χ1) is 13.4. The van der Waals surface area contributed by atoms with Crippen molar-refractivity contribution < 1.29 is 14.1 Å². The Kier molecular flexibility index (Phi) is 6.15. The molecule has 148 valence electrons. The van der Waals surface area contributed by atoms with E-state index < -0.39 is 0 Å². The molecule has 0 bridgehead atoms. The number of piperidine rings is 1. The standard InChI is InChI=1S/C22H27FN4O/c1-15-5-4-10-26(12-15)14-21(28)25-22-20(11-24)16(2)17(3)27(22)13-18-6-8-19(23)9-7-18/h6-9,15H,4-5,10,12-14H2,1-3H3,(H,25,28)/p+1/t15-/m0/s1. The molecule has 1 aromatic heterocycles. The molecular weight excluding hydrogens is 355 g/mol. The Labute approximate surface area is 165 Å². The Balaban J connectivity index is 1.82. The van der Waals surface area contributed by atoms with Crippen molar-refractivity contribution in [1.29, 1.82) is 5.26 Å². The monoisotopic (exact) mass is 383 g/mol. The molecule has 5 nitrogen and oxygen atoms in total. The predicted molar refractivity (Wildman–Crippen MR) is 107 cm³/mol. The van der Waals surface area contributed by atoms with Gasteiger partial charge in [0.25, 0.3) is 5.91 Å². The summed E-state index contributed by atoms with van der Waals surface area (Å²) < 4.78 is 15.2. The summed E-state index contributed by atoms with van der Waals surface area (Å²) in [6, 6.07) is 8.52. The number of halogens is 1. The molecule has 1 fully saturated rings. The number of hydrogen-bond donors (Lipinski definition) is 2. The van der Waals surface area contributed by atoms with E-state index in [0.29, 0.717) is 30.4 Å². The highest BCUT2D eigenvalue weighted by molar-refractivity contribution is 5.92. The number of aromatic nitrogens is 1. The van der Waals surface area contributed by atoms with Crippen LogP contribution in [0, 0.1) is 36.9 Å². The Morgan fingerprint density at radius 1 is 1.36 bits per heavy atom. The van der Waals surface area contributed by atoms with Crippen molar-refractivity contribution in [3.05, 3.63) is 52.5 Å². The minimum Gasteiger partial charge on any atom is -0.327 e. The Bertz CT molecular complexity index is 895. The second-order valence-electron chi connectivity index (χ2n) is 7.93. The zero-order valence-electron chi connectivity index (χ0n) is 16.8. The molecule has 1 aliphatic heterocycles.